The molecule has 1 heterocycles. The number of benzene rings is 1. The summed E-state index contributed by atoms with van der Waals surface area (Å²) in [5, 5.41) is 5.68. The average Bonchev–Trinajstić information content (AvgIpc) is 2.51. The molecule has 6 nitrogen and oxygen atoms in total. The van der Waals surface area contributed by atoms with Crippen LogP contribution < -0.4 is 16.4 Å². The van der Waals surface area contributed by atoms with Gasteiger partial charge in [0.25, 0.3) is 5.91 Å². The highest BCUT2D eigenvalue weighted by Gasteiger charge is 2.09. The fourth-order valence-corrected chi connectivity index (χ4v) is 1.97. The lowest BCUT2D eigenvalue weighted by Gasteiger charge is -2.10. The van der Waals surface area contributed by atoms with Gasteiger partial charge in [-0.2, -0.15) is 0 Å². The van der Waals surface area contributed by atoms with E-state index in [4.69, 9.17) is 17.3 Å². The summed E-state index contributed by atoms with van der Waals surface area (Å²) in [6.45, 7) is 0.277. The number of pyridine rings is 1. The molecule has 0 aliphatic carbocycles. The lowest BCUT2D eigenvalue weighted by molar-refractivity contribution is -0.116. The van der Waals surface area contributed by atoms with Crippen LogP contribution in [-0.2, 0) is 4.79 Å². The minimum Gasteiger partial charge on any atom is -0.330 e. The Morgan fingerprint density at radius 1 is 1.23 bits per heavy atom. The lowest BCUT2D eigenvalue weighted by Crippen LogP contribution is -2.16. The second-order valence-electron chi connectivity index (χ2n) is 4.48. The first-order valence-corrected chi connectivity index (χ1v) is 6.99. The largest absolute Gasteiger partial charge is 0.330 e. The first-order chi connectivity index (χ1) is 10.6. The Hall–Kier alpha value is -2.44. The van der Waals surface area contributed by atoms with E-state index in [0.29, 0.717) is 22.0 Å². The maximum absolute atomic E-state index is 12.0. The van der Waals surface area contributed by atoms with Crippen LogP contribution >= 0.6 is 11.6 Å². The molecule has 0 aliphatic rings. The fourth-order valence-electron chi connectivity index (χ4n) is 1.74. The maximum Gasteiger partial charge on any atom is 0.257 e. The number of anilines is 2. The molecule has 0 saturated heterocycles. The van der Waals surface area contributed by atoms with E-state index in [1.54, 1.807) is 36.5 Å². The number of rotatable bonds is 5. The van der Waals surface area contributed by atoms with E-state index in [0.717, 1.165) is 0 Å². The Morgan fingerprint density at radius 2 is 2.05 bits per heavy atom. The molecule has 7 heteroatoms. The van der Waals surface area contributed by atoms with E-state index < -0.39 is 0 Å². The van der Waals surface area contributed by atoms with E-state index in [-0.39, 0.29) is 24.8 Å². The predicted molar refractivity (Wildman–Crippen MR) is 85.9 cm³/mol. The zero-order valence-electron chi connectivity index (χ0n) is 11.7. The zero-order valence-corrected chi connectivity index (χ0v) is 12.4. The van der Waals surface area contributed by atoms with Gasteiger partial charge in [0.2, 0.25) is 5.91 Å². The summed E-state index contributed by atoms with van der Waals surface area (Å²) in [6.07, 6.45) is 3.28. The molecule has 1 aromatic heterocycles. The van der Waals surface area contributed by atoms with Crippen LogP contribution in [0.4, 0.5) is 11.4 Å². The van der Waals surface area contributed by atoms with Crippen LogP contribution in [0.1, 0.15) is 16.8 Å². The maximum atomic E-state index is 12.0. The molecule has 2 amide bonds. The highest BCUT2D eigenvalue weighted by molar-refractivity contribution is 6.34. The second-order valence-corrected chi connectivity index (χ2v) is 4.88. The fraction of sp³-hybridized carbons (Fsp3) is 0.133. The Labute approximate surface area is 132 Å². The van der Waals surface area contributed by atoms with Crippen molar-refractivity contribution in [2.24, 2.45) is 5.73 Å². The number of amides is 2. The number of halogens is 1. The van der Waals surface area contributed by atoms with Crippen LogP contribution in [0.2, 0.25) is 5.02 Å². The third-order valence-electron chi connectivity index (χ3n) is 2.80. The first kappa shape index (κ1) is 15.9. The Balaban J connectivity index is 2.07. The van der Waals surface area contributed by atoms with E-state index in [2.05, 4.69) is 15.6 Å². The third kappa shape index (κ3) is 4.28. The van der Waals surface area contributed by atoms with E-state index in [1.807, 2.05) is 0 Å². The molecule has 114 valence electrons. The van der Waals surface area contributed by atoms with Crippen LogP contribution in [0.15, 0.2) is 42.7 Å². The highest BCUT2D eigenvalue weighted by Crippen LogP contribution is 2.26. The molecular formula is C15H15ClN4O2. The van der Waals surface area contributed by atoms with Crippen molar-refractivity contribution in [2.75, 3.05) is 17.2 Å². The van der Waals surface area contributed by atoms with Crippen molar-refractivity contribution in [3.8, 4) is 0 Å². The minimum atomic E-state index is -0.310. The van der Waals surface area contributed by atoms with Gasteiger partial charge < -0.3 is 16.4 Å². The van der Waals surface area contributed by atoms with Crippen molar-refractivity contribution in [3.63, 3.8) is 0 Å². The van der Waals surface area contributed by atoms with Gasteiger partial charge in [-0.15, -0.1) is 0 Å². The van der Waals surface area contributed by atoms with Gasteiger partial charge in [-0.1, -0.05) is 11.6 Å². The van der Waals surface area contributed by atoms with Gasteiger partial charge in [-0.05, 0) is 30.3 Å². The number of hydrogen-bond acceptors (Lipinski definition) is 4. The van der Waals surface area contributed by atoms with Crippen LogP contribution in [0.25, 0.3) is 0 Å². The molecule has 1 aromatic carbocycles. The van der Waals surface area contributed by atoms with Gasteiger partial charge in [0.15, 0.2) is 0 Å². The highest BCUT2D eigenvalue weighted by atomic mass is 35.5. The molecule has 0 atom stereocenters. The second kappa shape index (κ2) is 7.53. The number of carbonyl (C=O) groups excluding carboxylic acids is 2. The Kier molecular flexibility index (Phi) is 5.46. The molecule has 22 heavy (non-hydrogen) atoms. The summed E-state index contributed by atoms with van der Waals surface area (Å²) in [4.78, 5) is 27.4. The van der Waals surface area contributed by atoms with E-state index in [1.165, 1.54) is 6.20 Å². The Bertz CT molecular complexity index is 676. The smallest absolute Gasteiger partial charge is 0.257 e. The van der Waals surface area contributed by atoms with Crippen molar-refractivity contribution < 1.29 is 9.59 Å². The summed E-state index contributed by atoms with van der Waals surface area (Å²) in [6, 6.07) is 8.16. The molecule has 0 unspecified atom stereocenters. The molecule has 0 spiro atoms. The van der Waals surface area contributed by atoms with Gasteiger partial charge in [0, 0.05) is 31.0 Å². The summed E-state index contributed by atoms with van der Waals surface area (Å²) >= 11 is 6.12. The minimum absolute atomic E-state index is 0.189. The average molecular weight is 319 g/mol. The van der Waals surface area contributed by atoms with Gasteiger partial charge in [-0.3, -0.25) is 14.6 Å². The summed E-state index contributed by atoms with van der Waals surface area (Å²) < 4.78 is 0. The molecule has 0 fully saturated rings. The van der Waals surface area contributed by atoms with Crippen molar-refractivity contribution in [1.29, 1.82) is 0 Å². The third-order valence-corrected chi connectivity index (χ3v) is 3.11. The molecule has 2 rings (SSSR count). The van der Waals surface area contributed by atoms with E-state index >= 15 is 0 Å². The van der Waals surface area contributed by atoms with Crippen LogP contribution in [0.5, 0.6) is 0 Å². The van der Waals surface area contributed by atoms with Crippen molar-refractivity contribution in [1.82, 2.24) is 4.98 Å². The molecule has 4 N–H and O–H groups in total. The molecule has 2 aromatic rings. The van der Waals surface area contributed by atoms with Gasteiger partial charge >= 0.3 is 0 Å². The van der Waals surface area contributed by atoms with Crippen molar-refractivity contribution in [3.05, 3.63) is 53.3 Å². The van der Waals surface area contributed by atoms with Crippen molar-refractivity contribution in [2.45, 2.75) is 6.42 Å². The predicted octanol–water partition coefficient (Wildman–Crippen LogP) is 2.27. The molecular weight excluding hydrogens is 304 g/mol. The number of nitrogens with zero attached hydrogens (tertiary/aromatic N) is 1. The van der Waals surface area contributed by atoms with E-state index in [9.17, 15) is 9.59 Å². The summed E-state index contributed by atoms with van der Waals surface area (Å²) in [5.74, 6) is -0.499. The van der Waals surface area contributed by atoms with Gasteiger partial charge in [-0.25, -0.2) is 0 Å². The molecule has 0 radical (unpaired) electrons. The summed E-state index contributed by atoms with van der Waals surface area (Å²) in [7, 11) is 0. The number of nitrogens with two attached hydrogens (primary N) is 1. The molecule has 0 aliphatic heterocycles. The Morgan fingerprint density at radius 3 is 2.68 bits per heavy atom. The van der Waals surface area contributed by atoms with Gasteiger partial charge in [0.1, 0.15) is 0 Å². The monoisotopic (exact) mass is 318 g/mol. The molecule has 0 saturated carbocycles. The number of carbonyl (C=O) groups is 2. The van der Waals surface area contributed by atoms with Crippen LogP contribution in [0.3, 0.4) is 0 Å². The number of aromatic nitrogens is 1. The quantitative estimate of drug-likeness (QED) is 0.787. The number of nitrogens with one attached hydrogen (secondary N) is 2. The topological polar surface area (TPSA) is 97.1 Å². The SMILES string of the molecule is NCCC(=O)Nc1ccc(NC(=O)c2cccnc2)c(Cl)c1. The number of hydrogen-bond donors (Lipinski definition) is 3. The normalized spacial score (nSPS) is 10.1. The van der Waals surface area contributed by atoms with Crippen LogP contribution in [-0.4, -0.2) is 23.3 Å². The first-order valence-electron chi connectivity index (χ1n) is 6.61. The standard InChI is InChI=1S/C15H15ClN4O2/c16-12-8-11(19-14(21)5-6-17)3-4-13(12)20-15(22)10-2-1-7-18-9-10/h1-4,7-9H,5-6,17H2,(H,19,21)(H,20,22). The molecule has 0 bridgehead atoms. The van der Waals surface area contributed by atoms with Crippen molar-refractivity contribution >= 4 is 34.8 Å². The lowest BCUT2D eigenvalue weighted by atomic mass is 10.2. The van der Waals surface area contributed by atoms with Gasteiger partial charge in [0.05, 0.1) is 16.3 Å². The summed E-state index contributed by atoms with van der Waals surface area (Å²) in [5.41, 5.74) is 6.73. The van der Waals surface area contributed by atoms with Crippen LogP contribution in [0, 0.1) is 0 Å². The zero-order chi connectivity index (χ0) is 15.9.